The minimum atomic E-state index is -0.273. The number of halogens is 1. The van der Waals surface area contributed by atoms with E-state index in [9.17, 15) is 9.18 Å². The van der Waals surface area contributed by atoms with Gasteiger partial charge in [0, 0.05) is 11.0 Å². The van der Waals surface area contributed by atoms with Crippen LogP contribution in [0.1, 0.15) is 48.5 Å². The topological polar surface area (TPSA) is 17.1 Å². The zero-order valence-corrected chi connectivity index (χ0v) is 9.85. The summed E-state index contributed by atoms with van der Waals surface area (Å²) in [5, 5.41) is 0. The average molecular weight is 220 g/mol. The Kier molecular flexibility index (Phi) is 2.83. The maximum Gasteiger partial charge on any atom is 0.168 e. The quantitative estimate of drug-likeness (QED) is 0.691. The van der Waals surface area contributed by atoms with E-state index in [0.29, 0.717) is 5.56 Å². The molecule has 1 saturated carbocycles. The summed E-state index contributed by atoms with van der Waals surface area (Å²) >= 11 is 0. The van der Waals surface area contributed by atoms with Crippen LogP contribution in [0, 0.1) is 18.2 Å². The first kappa shape index (κ1) is 11.3. The lowest BCUT2D eigenvalue weighted by Crippen LogP contribution is -2.25. The van der Waals surface area contributed by atoms with Crippen molar-refractivity contribution < 1.29 is 9.18 Å². The first-order valence-corrected chi connectivity index (χ1v) is 5.84. The van der Waals surface area contributed by atoms with Gasteiger partial charge in [0.1, 0.15) is 5.82 Å². The van der Waals surface area contributed by atoms with E-state index in [1.54, 1.807) is 13.0 Å². The summed E-state index contributed by atoms with van der Waals surface area (Å²) in [4.78, 5) is 12.4. The predicted molar refractivity (Wildman–Crippen MR) is 62.0 cm³/mol. The molecule has 0 spiro atoms. The number of aryl methyl sites for hydroxylation is 1. The highest BCUT2D eigenvalue weighted by Crippen LogP contribution is 2.40. The molecule has 0 unspecified atom stereocenters. The summed E-state index contributed by atoms with van der Waals surface area (Å²) < 4.78 is 13.0. The van der Waals surface area contributed by atoms with Crippen LogP contribution in [0.5, 0.6) is 0 Å². The number of hydrogen-bond donors (Lipinski definition) is 0. The normalized spacial score (nSPS) is 18.7. The van der Waals surface area contributed by atoms with Crippen LogP contribution in [0.15, 0.2) is 18.2 Å². The van der Waals surface area contributed by atoms with E-state index in [-0.39, 0.29) is 17.0 Å². The Labute approximate surface area is 95.7 Å². The van der Waals surface area contributed by atoms with Gasteiger partial charge in [0.15, 0.2) is 5.78 Å². The van der Waals surface area contributed by atoms with Crippen molar-refractivity contribution in [3.05, 3.63) is 35.1 Å². The molecule has 1 aromatic rings. The zero-order valence-electron chi connectivity index (χ0n) is 9.85. The molecule has 0 bridgehead atoms. The maximum absolute atomic E-state index is 13.0. The van der Waals surface area contributed by atoms with E-state index >= 15 is 0 Å². The standard InChI is InChI=1S/C14H17FO/c1-10-9-11(15)5-6-12(10)13(16)14(2)7-3-4-8-14/h5-6,9H,3-4,7-8H2,1-2H3. The molecule has 1 aliphatic rings. The smallest absolute Gasteiger partial charge is 0.168 e. The number of rotatable bonds is 2. The molecule has 0 atom stereocenters. The Morgan fingerprint density at radius 3 is 2.50 bits per heavy atom. The molecule has 2 heteroatoms. The SMILES string of the molecule is Cc1cc(F)ccc1C(=O)C1(C)CCCC1. The minimum absolute atomic E-state index is 0.183. The summed E-state index contributed by atoms with van der Waals surface area (Å²) in [7, 11) is 0. The molecule has 2 rings (SSSR count). The molecule has 0 N–H and O–H groups in total. The third-order valence-electron chi connectivity index (χ3n) is 3.69. The highest BCUT2D eigenvalue weighted by molar-refractivity contribution is 6.01. The summed E-state index contributed by atoms with van der Waals surface area (Å²) in [5.74, 6) is -0.0897. The van der Waals surface area contributed by atoms with E-state index in [4.69, 9.17) is 0 Å². The van der Waals surface area contributed by atoms with Crippen molar-refractivity contribution in [3.8, 4) is 0 Å². The van der Waals surface area contributed by atoms with Crippen molar-refractivity contribution in [2.45, 2.75) is 39.5 Å². The van der Waals surface area contributed by atoms with Crippen LogP contribution in [-0.4, -0.2) is 5.78 Å². The summed E-state index contributed by atoms with van der Waals surface area (Å²) in [6.07, 6.45) is 4.18. The molecule has 0 aliphatic heterocycles. The Morgan fingerprint density at radius 2 is 1.94 bits per heavy atom. The monoisotopic (exact) mass is 220 g/mol. The number of ketones is 1. The third-order valence-corrected chi connectivity index (χ3v) is 3.69. The van der Waals surface area contributed by atoms with Gasteiger partial charge in [-0.1, -0.05) is 19.8 Å². The van der Waals surface area contributed by atoms with Crippen molar-refractivity contribution in [3.63, 3.8) is 0 Å². The van der Waals surface area contributed by atoms with Gasteiger partial charge in [-0.3, -0.25) is 4.79 Å². The summed E-state index contributed by atoms with van der Waals surface area (Å²) in [6, 6.07) is 4.43. The fraction of sp³-hybridized carbons (Fsp3) is 0.500. The Morgan fingerprint density at radius 1 is 1.31 bits per heavy atom. The van der Waals surface area contributed by atoms with E-state index in [1.165, 1.54) is 12.1 Å². The molecule has 0 saturated heterocycles. The van der Waals surface area contributed by atoms with Crippen LogP contribution in [0.25, 0.3) is 0 Å². The van der Waals surface area contributed by atoms with Gasteiger partial charge in [0.25, 0.3) is 0 Å². The minimum Gasteiger partial charge on any atom is -0.294 e. The van der Waals surface area contributed by atoms with Crippen molar-refractivity contribution in [1.29, 1.82) is 0 Å². The molecule has 1 nitrogen and oxygen atoms in total. The molecule has 1 fully saturated rings. The van der Waals surface area contributed by atoms with Gasteiger partial charge in [-0.05, 0) is 43.5 Å². The summed E-state index contributed by atoms with van der Waals surface area (Å²) in [5.41, 5.74) is 1.21. The lowest BCUT2D eigenvalue weighted by atomic mass is 9.80. The molecular formula is C14H17FO. The molecular weight excluding hydrogens is 203 g/mol. The molecule has 0 heterocycles. The number of benzene rings is 1. The van der Waals surface area contributed by atoms with E-state index in [0.717, 1.165) is 31.2 Å². The van der Waals surface area contributed by atoms with Gasteiger partial charge in [0.05, 0.1) is 0 Å². The van der Waals surface area contributed by atoms with Crippen molar-refractivity contribution in [2.24, 2.45) is 5.41 Å². The largest absolute Gasteiger partial charge is 0.294 e. The van der Waals surface area contributed by atoms with Crippen molar-refractivity contribution in [2.75, 3.05) is 0 Å². The van der Waals surface area contributed by atoms with Crippen molar-refractivity contribution >= 4 is 5.78 Å². The third kappa shape index (κ3) is 1.89. The lowest BCUT2D eigenvalue weighted by molar-refractivity contribution is 0.0822. The van der Waals surface area contributed by atoms with Crippen LogP contribution >= 0.6 is 0 Å². The number of hydrogen-bond acceptors (Lipinski definition) is 1. The van der Waals surface area contributed by atoms with Gasteiger partial charge in [-0.25, -0.2) is 4.39 Å². The molecule has 1 aromatic carbocycles. The highest BCUT2D eigenvalue weighted by Gasteiger charge is 2.37. The van der Waals surface area contributed by atoms with Gasteiger partial charge in [-0.2, -0.15) is 0 Å². The first-order valence-electron chi connectivity index (χ1n) is 5.84. The molecule has 0 aromatic heterocycles. The first-order chi connectivity index (χ1) is 7.53. The molecule has 0 amide bonds. The Balaban J connectivity index is 2.33. The average Bonchev–Trinajstić information content (AvgIpc) is 2.66. The lowest BCUT2D eigenvalue weighted by Gasteiger charge is -2.22. The van der Waals surface area contributed by atoms with Gasteiger partial charge in [-0.15, -0.1) is 0 Å². The number of carbonyl (C=O) groups excluding carboxylic acids is 1. The van der Waals surface area contributed by atoms with Crippen LogP contribution in [0.3, 0.4) is 0 Å². The van der Waals surface area contributed by atoms with Crippen LogP contribution in [-0.2, 0) is 0 Å². The number of Topliss-reactive ketones (excluding diaryl/α,β-unsaturated/α-hetero) is 1. The molecule has 86 valence electrons. The molecule has 1 aliphatic carbocycles. The van der Waals surface area contributed by atoms with E-state index < -0.39 is 0 Å². The summed E-state index contributed by atoms with van der Waals surface area (Å²) in [6.45, 7) is 3.83. The predicted octanol–water partition coefficient (Wildman–Crippen LogP) is 3.90. The van der Waals surface area contributed by atoms with Gasteiger partial charge in [0.2, 0.25) is 0 Å². The van der Waals surface area contributed by atoms with E-state index in [1.807, 2.05) is 6.92 Å². The number of carbonyl (C=O) groups is 1. The second-order valence-corrected chi connectivity index (χ2v) is 5.06. The second kappa shape index (κ2) is 4.00. The highest BCUT2D eigenvalue weighted by atomic mass is 19.1. The van der Waals surface area contributed by atoms with Crippen LogP contribution in [0.2, 0.25) is 0 Å². The van der Waals surface area contributed by atoms with Crippen LogP contribution in [0.4, 0.5) is 4.39 Å². The fourth-order valence-electron chi connectivity index (χ4n) is 2.59. The fourth-order valence-corrected chi connectivity index (χ4v) is 2.59. The maximum atomic E-state index is 13.0. The van der Waals surface area contributed by atoms with Gasteiger partial charge < -0.3 is 0 Å². The Bertz CT molecular complexity index is 417. The Hall–Kier alpha value is -1.18. The molecule has 16 heavy (non-hydrogen) atoms. The second-order valence-electron chi connectivity index (χ2n) is 5.06. The van der Waals surface area contributed by atoms with E-state index in [2.05, 4.69) is 0 Å². The van der Waals surface area contributed by atoms with Gasteiger partial charge >= 0.3 is 0 Å². The van der Waals surface area contributed by atoms with Crippen LogP contribution < -0.4 is 0 Å². The van der Waals surface area contributed by atoms with Crippen molar-refractivity contribution in [1.82, 2.24) is 0 Å². The zero-order chi connectivity index (χ0) is 11.8. The molecule has 0 radical (unpaired) electrons.